The van der Waals surface area contributed by atoms with Gasteiger partial charge in [-0.3, -0.25) is 14.5 Å². The quantitative estimate of drug-likeness (QED) is 0.638. The summed E-state index contributed by atoms with van der Waals surface area (Å²) in [6.07, 6.45) is 5.27. The van der Waals surface area contributed by atoms with Crippen molar-refractivity contribution in [3.05, 3.63) is 64.7 Å². The number of rotatable bonds is 7. The molecule has 2 fully saturated rings. The van der Waals surface area contributed by atoms with Crippen molar-refractivity contribution < 1.29 is 14.3 Å². The Morgan fingerprint density at radius 3 is 2.43 bits per heavy atom. The summed E-state index contributed by atoms with van der Waals surface area (Å²) in [5, 5.41) is 3.24. The van der Waals surface area contributed by atoms with Crippen molar-refractivity contribution in [2.45, 2.75) is 52.0 Å². The number of benzene rings is 2. The number of piperidine rings is 2. The highest BCUT2D eigenvalue weighted by atomic mass is 16.5. The van der Waals surface area contributed by atoms with Gasteiger partial charge in [0.1, 0.15) is 5.75 Å². The van der Waals surface area contributed by atoms with Crippen LogP contribution in [0.15, 0.2) is 42.5 Å². The van der Waals surface area contributed by atoms with Crippen molar-refractivity contribution in [2.75, 3.05) is 39.8 Å². The van der Waals surface area contributed by atoms with Crippen LogP contribution < -0.4 is 10.1 Å². The lowest BCUT2D eigenvalue weighted by Gasteiger charge is -2.36. The number of ether oxygens (including phenoxy) is 1. The van der Waals surface area contributed by atoms with Gasteiger partial charge in [0.05, 0.1) is 19.1 Å². The molecule has 0 aromatic heterocycles. The first-order valence-electron chi connectivity index (χ1n) is 13.0. The van der Waals surface area contributed by atoms with Crippen LogP contribution in [0.3, 0.4) is 0 Å². The van der Waals surface area contributed by atoms with E-state index in [1.165, 1.54) is 19.3 Å². The van der Waals surface area contributed by atoms with Gasteiger partial charge in [-0.05, 0) is 70.8 Å². The highest BCUT2D eigenvalue weighted by molar-refractivity contribution is 5.95. The van der Waals surface area contributed by atoms with E-state index >= 15 is 0 Å². The molecule has 2 aliphatic heterocycles. The fourth-order valence-corrected chi connectivity index (χ4v) is 5.61. The van der Waals surface area contributed by atoms with Gasteiger partial charge in [0, 0.05) is 30.8 Å². The van der Waals surface area contributed by atoms with Crippen LogP contribution >= 0.6 is 0 Å². The molecule has 2 unspecified atom stereocenters. The maximum absolute atomic E-state index is 13.3. The second-order valence-electron chi connectivity index (χ2n) is 10.1. The minimum atomic E-state index is -0.182. The van der Waals surface area contributed by atoms with E-state index in [1.807, 2.05) is 49.1 Å². The predicted octanol–water partition coefficient (Wildman–Crippen LogP) is 4.51. The van der Waals surface area contributed by atoms with Crippen LogP contribution in [-0.4, -0.2) is 61.4 Å². The minimum absolute atomic E-state index is 0.0227. The lowest BCUT2D eigenvalue weighted by atomic mass is 9.95. The summed E-state index contributed by atoms with van der Waals surface area (Å²) in [6.45, 7) is 7.79. The molecule has 0 bridgehead atoms. The van der Waals surface area contributed by atoms with E-state index < -0.39 is 0 Å². The van der Waals surface area contributed by atoms with Gasteiger partial charge in [-0.2, -0.15) is 0 Å². The first-order chi connectivity index (χ1) is 17.0. The smallest absolute Gasteiger partial charge is 0.253 e. The van der Waals surface area contributed by atoms with Crippen molar-refractivity contribution in [2.24, 2.45) is 5.92 Å². The Balaban J connectivity index is 1.43. The number of nitrogens with one attached hydrogen (secondary N) is 1. The molecule has 2 aliphatic rings. The van der Waals surface area contributed by atoms with Crippen LogP contribution in [0.1, 0.15) is 65.2 Å². The van der Waals surface area contributed by atoms with Crippen molar-refractivity contribution in [1.29, 1.82) is 0 Å². The number of likely N-dealkylation sites (tertiary alicyclic amines) is 2. The molecule has 6 nitrogen and oxygen atoms in total. The van der Waals surface area contributed by atoms with E-state index in [0.717, 1.165) is 48.4 Å². The van der Waals surface area contributed by atoms with E-state index in [9.17, 15) is 9.59 Å². The van der Waals surface area contributed by atoms with Gasteiger partial charge in [-0.15, -0.1) is 0 Å². The topological polar surface area (TPSA) is 61.9 Å². The van der Waals surface area contributed by atoms with Gasteiger partial charge in [-0.1, -0.05) is 41.8 Å². The molecular weight excluding hydrogens is 438 g/mol. The van der Waals surface area contributed by atoms with Crippen LogP contribution in [0.25, 0.3) is 0 Å². The number of hydrogen-bond donors (Lipinski definition) is 1. The number of carbonyl (C=O) groups excluding carboxylic acids is 2. The Morgan fingerprint density at radius 2 is 1.71 bits per heavy atom. The Labute approximate surface area is 209 Å². The van der Waals surface area contributed by atoms with E-state index in [-0.39, 0.29) is 23.8 Å². The Kier molecular flexibility index (Phi) is 8.45. The maximum Gasteiger partial charge on any atom is 0.253 e. The number of para-hydroxylation sites is 1. The summed E-state index contributed by atoms with van der Waals surface area (Å²) in [5.74, 6) is 0.743. The molecule has 6 heteroatoms. The van der Waals surface area contributed by atoms with Gasteiger partial charge in [-0.25, -0.2) is 0 Å². The summed E-state index contributed by atoms with van der Waals surface area (Å²) in [7, 11) is 1.70. The lowest BCUT2D eigenvalue weighted by molar-refractivity contribution is -0.126. The van der Waals surface area contributed by atoms with Crippen molar-refractivity contribution in [3.63, 3.8) is 0 Å². The molecule has 4 rings (SSSR count). The van der Waals surface area contributed by atoms with E-state index in [2.05, 4.69) is 22.3 Å². The Morgan fingerprint density at radius 1 is 1.00 bits per heavy atom. The number of amides is 2. The molecule has 2 aromatic carbocycles. The van der Waals surface area contributed by atoms with Gasteiger partial charge in [0.2, 0.25) is 5.91 Å². The number of nitrogens with zero attached hydrogens (tertiary/aromatic N) is 2. The number of aryl methyl sites for hydroxylation is 2. The zero-order valence-corrected chi connectivity index (χ0v) is 21.4. The van der Waals surface area contributed by atoms with Crippen LogP contribution in [0, 0.1) is 19.8 Å². The molecule has 2 heterocycles. The molecule has 2 saturated heterocycles. The molecule has 2 amide bonds. The largest absolute Gasteiger partial charge is 0.496 e. The van der Waals surface area contributed by atoms with Gasteiger partial charge in [0.25, 0.3) is 5.91 Å². The Hall–Kier alpha value is -2.86. The summed E-state index contributed by atoms with van der Waals surface area (Å²) < 4.78 is 5.66. The zero-order valence-electron chi connectivity index (χ0n) is 21.4. The van der Waals surface area contributed by atoms with Gasteiger partial charge >= 0.3 is 0 Å². The molecule has 188 valence electrons. The molecule has 1 N–H and O–H groups in total. The van der Waals surface area contributed by atoms with Crippen LogP contribution in [0.4, 0.5) is 0 Å². The first kappa shape index (κ1) is 25.2. The molecule has 2 aromatic rings. The van der Waals surface area contributed by atoms with Gasteiger partial charge < -0.3 is 15.0 Å². The average Bonchev–Trinajstić information content (AvgIpc) is 2.88. The maximum atomic E-state index is 13.3. The highest BCUT2D eigenvalue weighted by Crippen LogP contribution is 2.31. The average molecular weight is 478 g/mol. The molecule has 2 atom stereocenters. The standard InChI is InChI=1S/C29H39N3O3/c1-21-16-22(2)18-24(17-21)29(34)32-15-9-10-23(20-32)28(33)30-19-26(31-13-7-4-8-14-31)25-11-5-6-12-27(25)35-3/h5-6,11-12,16-18,23,26H,4,7-10,13-15,19-20H2,1-3H3,(H,30,33). The van der Waals surface area contributed by atoms with Crippen LogP contribution in [0.5, 0.6) is 5.75 Å². The first-order valence-corrected chi connectivity index (χ1v) is 13.0. The molecule has 0 saturated carbocycles. The number of hydrogen-bond acceptors (Lipinski definition) is 4. The molecule has 0 spiro atoms. The monoisotopic (exact) mass is 477 g/mol. The van der Waals surface area contributed by atoms with Crippen LogP contribution in [-0.2, 0) is 4.79 Å². The molecular formula is C29H39N3O3. The Bertz CT molecular complexity index is 1010. The molecule has 0 radical (unpaired) electrons. The van der Waals surface area contributed by atoms with Crippen molar-refractivity contribution in [1.82, 2.24) is 15.1 Å². The summed E-state index contributed by atoms with van der Waals surface area (Å²) in [4.78, 5) is 30.8. The lowest BCUT2D eigenvalue weighted by Crippen LogP contribution is -2.47. The zero-order chi connectivity index (χ0) is 24.8. The normalized spacial score (nSPS) is 19.7. The second kappa shape index (κ2) is 11.7. The van der Waals surface area contributed by atoms with Crippen LogP contribution in [0.2, 0.25) is 0 Å². The third kappa shape index (κ3) is 6.23. The third-order valence-corrected chi connectivity index (χ3v) is 7.35. The fraction of sp³-hybridized carbons (Fsp3) is 0.517. The predicted molar refractivity (Wildman–Crippen MR) is 139 cm³/mol. The van der Waals surface area contributed by atoms with Crippen molar-refractivity contribution in [3.8, 4) is 5.75 Å². The van der Waals surface area contributed by atoms with E-state index in [0.29, 0.717) is 25.2 Å². The second-order valence-corrected chi connectivity index (χ2v) is 10.1. The summed E-state index contributed by atoms with van der Waals surface area (Å²) in [5.41, 5.74) is 4.00. The summed E-state index contributed by atoms with van der Waals surface area (Å²) >= 11 is 0. The molecule has 35 heavy (non-hydrogen) atoms. The third-order valence-electron chi connectivity index (χ3n) is 7.35. The summed E-state index contributed by atoms with van der Waals surface area (Å²) in [6, 6.07) is 14.1. The fourth-order valence-electron chi connectivity index (χ4n) is 5.61. The number of carbonyl (C=O) groups is 2. The molecule has 0 aliphatic carbocycles. The van der Waals surface area contributed by atoms with E-state index in [1.54, 1.807) is 7.11 Å². The SMILES string of the molecule is COc1ccccc1C(CNC(=O)C1CCCN(C(=O)c2cc(C)cc(C)c2)C1)N1CCCCC1. The minimum Gasteiger partial charge on any atom is -0.496 e. The number of methoxy groups -OCH3 is 1. The van der Waals surface area contributed by atoms with Gasteiger partial charge in [0.15, 0.2) is 0 Å². The van der Waals surface area contributed by atoms with E-state index in [4.69, 9.17) is 4.74 Å². The van der Waals surface area contributed by atoms with Crippen molar-refractivity contribution >= 4 is 11.8 Å². The highest BCUT2D eigenvalue weighted by Gasteiger charge is 2.31.